The molecule has 1 unspecified atom stereocenters. The van der Waals surface area contributed by atoms with E-state index in [1.807, 2.05) is 48.8 Å². The molecule has 1 amide bonds. The zero-order valence-corrected chi connectivity index (χ0v) is 18.9. The third-order valence-corrected chi connectivity index (χ3v) is 5.99. The molecular weight excluding hydrogens is 450 g/mol. The van der Waals surface area contributed by atoms with E-state index in [2.05, 4.69) is 26.7 Å². The highest BCUT2D eigenvalue weighted by Gasteiger charge is 2.18. The third kappa shape index (κ3) is 4.57. The van der Waals surface area contributed by atoms with Crippen molar-refractivity contribution in [2.45, 2.75) is 12.6 Å². The predicted octanol–water partition coefficient (Wildman–Crippen LogP) is 4.59. The van der Waals surface area contributed by atoms with Gasteiger partial charge in [-0.05, 0) is 47.5 Å². The van der Waals surface area contributed by atoms with Gasteiger partial charge in [0.05, 0.1) is 25.4 Å². The Labute approximate surface area is 201 Å². The number of fused-ring (bicyclic) bond motifs is 1. The van der Waals surface area contributed by atoms with Crippen molar-refractivity contribution in [1.82, 2.24) is 25.3 Å². The molecule has 0 aliphatic heterocycles. The first-order chi connectivity index (χ1) is 16.6. The number of hydrogen-bond donors (Lipinski definition) is 3. The number of rotatable bonds is 7. The fraction of sp³-hybridized carbons (Fsp3) is 0.115. The summed E-state index contributed by atoms with van der Waals surface area (Å²) in [6.07, 6.45) is 3.77. The minimum atomic E-state index is -0.542. The Morgan fingerprint density at radius 3 is 2.74 bits per heavy atom. The molecule has 1 atom stereocenters. The van der Waals surface area contributed by atoms with Crippen molar-refractivity contribution in [2.24, 2.45) is 0 Å². The monoisotopic (exact) mass is 471 g/mol. The lowest BCUT2D eigenvalue weighted by atomic mass is 10.0. The molecule has 8 heteroatoms. The van der Waals surface area contributed by atoms with E-state index in [0.29, 0.717) is 17.1 Å². The molecular formula is C26H22ClN5O2. The van der Waals surface area contributed by atoms with Crippen molar-refractivity contribution in [1.29, 1.82) is 0 Å². The number of carbonyl (C=O) groups is 1. The normalized spacial score (nSPS) is 12.1. The van der Waals surface area contributed by atoms with E-state index >= 15 is 0 Å². The van der Waals surface area contributed by atoms with Crippen LogP contribution in [0.25, 0.3) is 22.2 Å². The van der Waals surface area contributed by atoms with Gasteiger partial charge in [0.2, 0.25) is 0 Å². The maximum absolute atomic E-state index is 13.1. The molecule has 0 fully saturated rings. The summed E-state index contributed by atoms with van der Waals surface area (Å²) in [4.78, 5) is 16.3. The van der Waals surface area contributed by atoms with E-state index in [1.54, 1.807) is 35.0 Å². The van der Waals surface area contributed by atoms with Crippen LogP contribution in [0.5, 0.6) is 0 Å². The Bertz CT molecular complexity index is 1440. The first kappa shape index (κ1) is 21.9. The number of aromatic nitrogens is 4. The molecule has 2 aromatic heterocycles. The number of aliphatic hydroxyl groups excluding tert-OH is 1. The van der Waals surface area contributed by atoms with Gasteiger partial charge >= 0.3 is 0 Å². The van der Waals surface area contributed by atoms with Crippen LogP contribution in [0.4, 0.5) is 0 Å². The number of halogens is 1. The molecule has 3 N–H and O–H groups in total. The summed E-state index contributed by atoms with van der Waals surface area (Å²) in [5, 5.41) is 23.0. The van der Waals surface area contributed by atoms with Gasteiger partial charge in [-0.15, -0.1) is 5.10 Å². The van der Waals surface area contributed by atoms with Gasteiger partial charge in [-0.25, -0.2) is 4.68 Å². The number of amides is 1. The fourth-order valence-electron chi connectivity index (χ4n) is 3.94. The van der Waals surface area contributed by atoms with Crippen LogP contribution in [-0.4, -0.2) is 37.6 Å². The van der Waals surface area contributed by atoms with Gasteiger partial charge < -0.3 is 15.4 Å². The van der Waals surface area contributed by atoms with Crippen LogP contribution in [0.3, 0.4) is 0 Å². The number of hydrogen-bond acceptors (Lipinski definition) is 4. The lowest BCUT2D eigenvalue weighted by Crippen LogP contribution is -2.31. The van der Waals surface area contributed by atoms with Crippen LogP contribution in [0.15, 0.2) is 85.2 Å². The maximum Gasteiger partial charge on any atom is 0.252 e. The average molecular weight is 472 g/mol. The van der Waals surface area contributed by atoms with Crippen LogP contribution < -0.4 is 5.32 Å². The molecule has 7 nitrogen and oxygen atoms in total. The Morgan fingerprint density at radius 1 is 1.09 bits per heavy atom. The molecule has 0 bridgehead atoms. The highest BCUT2D eigenvalue weighted by molar-refractivity contribution is 6.30. The number of aromatic amines is 1. The molecule has 5 rings (SSSR count). The van der Waals surface area contributed by atoms with Crippen molar-refractivity contribution >= 4 is 28.4 Å². The van der Waals surface area contributed by atoms with Gasteiger partial charge in [-0.1, -0.05) is 53.2 Å². The average Bonchev–Trinajstić information content (AvgIpc) is 3.52. The van der Waals surface area contributed by atoms with E-state index in [1.165, 1.54) is 0 Å². The van der Waals surface area contributed by atoms with Crippen LogP contribution in [-0.2, 0) is 6.54 Å². The smallest absolute Gasteiger partial charge is 0.252 e. The molecule has 0 spiro atoms. The molecule has 0 aliphatic carbocycles. The topological polar surface area (TPSA) is 95.8 Å². The number of nitrogens with one attached hydrogen (secondary N) is 2. The van der Waals surface area contributed by atoms with Crippen LogP contribution in [0.2, 0.25) is 5.02 Å². The minimum absolute atomic E-state index is 0.229. The first-order valence-electron chi connectivity index (χ1n) is 10.8. The largest absolute Gasteiger partial charge is 0.394 e. The summed E-state index contributed by atoms with van der Waals surface area (Å²) in [7, 11) is 0. The SMILES string of the molecule is O=C(NC(CO)c1ccc(Cl)cc1)c1ccccc1Cn1cc(-c2ccc3[nH]ccc3c2)nn1. The Kier molecular flexibility index (Phi) is 6.12. The second-order valence-electron chi connectivity index (χ2n) is 8.00. The summed E-state index contributed by atoms with van der Waals surface area (Å²) in [6.45, 7) is 0.154. The number of H-pyrrole nitrogens is 1. The first-order valence-corrected chi connectivity index (χ1v) is 11.2. The zero-order valence-electron chi connectivity index (χ0n) is 18.1. The number of benzene rings is 3. The summed E-state index contributed by atoms with van der Waals surface area (Å²) in [6, 6.07) is 21.9. The Balaban J connectivity index is 1.35. The standard InChI is InChI=1S/C26H22ClN5O2/c27-21-8-5-17(6-9-21)25(16-33)29-26(34)22-4-2-1-3-20(22)14-32-15-24(30-31-32)18-7-10-23-19(13-18)11-12-28-23/h1-13,15,25,28,33H,14,16H2,(H,29,34). The Hall–Kier alpha value is -3.94. The number of nitrogens with zero attached hydrogens (tertiary/aromatic N) is 3. The molecule has 0 saturated heterocycles. The molecule has 2 heterocycles. The quantitative estimate of drug-likeness (QED) is 0.323. The maximum atomic E-state index is 13.1. The van der Waals surface area contributed by atoms with Crippen molar-refractivity contribution < 1.29 is 9.90 Å². The van der Waals surface area contributed by atoms with E-state index in [9.17, 15) is 9.90 Å². The molecule has 34 heavy (non-hydrogen) atoms. The second-order valence-corrected chi connectivity index (χ2v) is 8.43. The lowest BCUT2D eigenvalue weighted by molar-refractivity contribution is 0.0915. The number of carbonyl (C=O) groups excluding carboxylic acids is 1. The van der Waals surface area contributed by atoms with Gasteiger partial charge in [0.1, 0.15) is 5.69 Å². The summed E-state index contributed by atoms with van der Waals surface area (Å²) >= 11 is 5.96. The van der Waals surface area contributed by atoms with Crippen molar-refractivity contribution in [3.63, 3.8) is 0 Å². The zero-order chi connectivity index (χ0) is 23.5. The molecule has 0 saturated carbocycles. The molecule has 3 aromatic carbocycles. The lowest BCUT2D eigenvalue weighted by Gasteiger charge is -2.18. The second kappa shape index (κ2) is 9.51. The summed E-state index contributed by atoms with van der Waals surface area (Å²) < 4.78 is 1.71. The van der Waals surface area contributed by atoms with E-state index in [0.717, 1.165) is 33.3 Å². The fourth-order valence-corrected chi connectivity index (χ4v) is 4.07. The van der Waals surface area contributed by atoms with E-state index in [-0.39, 0.29) is 12.5 Å². The minimum Gasteiger partial charge on any atom is -0.394 e. The third-order valence-electron chi connectivity index (χ3n) is 5.74. The Morgan fingerprint density at radius 2 is 1.91 bits per heavy atom. The molecule has 0 aliphatic rings. The molecule has 5 aromatic rings. The van der Waals surface area contributed by atoms with Crippen molar-refractivity contribution in [3.8, 4) is 11.3 Å². The molecule has 170 valence electrons. The van der Waals surface area contributed by atoms with Gasteiger partial charge in [-0.3, -0.25) is 4.79 Å². The van der Waals surface area contributed by atoms with E-state index in [4.69, 9.17) is 11.6 Å². The van der Waals surface area contributed by atoms with Crippen LogP contribution in [0, 0.1) is 0 Å². The summed E-state index contributed by atoms with van der Waals surface area (Å²) in [5.41, 5.74) is 4.88. The van der Waals surface area contributed by atoms with Gasteiger partial charge in [0, 0.05) is 33.2 Å². The van der Waals surface area contributed by atoms with Gasteiger partial charge in [0.25, 0.3) is 5.91 Å². The summed E-state index contributed by atoms with van der Waals surface area (Å²) in [5.74, 6) is -0.275. The van der Waals surface area contributed by atoms with Crippen molar-refractivity contribution in [3.05, 3.63) is 107 Å². The van der Waals surface area contributed by atoms with Crippen LogP contribution >= 0.6 is 11.6 Å². The van der Waals surface area contributed by atoms with E-state index < -0.39 is 6.04 Å². The highest BCUT2D eigenvalue weighted by Crippen LogP contribution is 2.23. The van der Waals surface area contributed by atoms with Gasteiger partial charge in [0.15, 0.2) is 0 Å². The number of aliphatic hydroxyl groups is 1. The predicted molar refractivity (Wildman–Crippen MR) is 132 cm³/mol. The van der Waals surface area contributed by atoms with Gasteiger partial charge in [-0.2, -0.15) is 0 Å². The molecule has 0 radical (unpaired) electrons. The van der Waals surface area contributed by atoms with Crippen LogP contribution in [0.1, 0.15) is 27.5 Å². The highest BCUT2D eigenvalue weighted by atomic mass is 35.5. The van der Waals surface area contributed by atoms with Crippen molar-refractivity contribution in [2.75, 3.05) is 6.61 Å².